The highest BCUT2D eigenvalue weighted by atomic mass is 35.5. The molecule has 29 heavy (non-hydrogen) atoms. The summed E-state index contributed by atoms with van der Waals surface area (Å²) in [4.78, 5) is 7.10. The highest BCUT2D eigenvalue weighted by Crippen LogP contribution is 2.34. The minimum Gasteiger partial charge on any atom is -0.329 e. The number of fused-ring (bicyclic) bond motifs is 2. The van der Waals surface area contributed by atoms with Crippen molar-refractivity contribution in [2.45, 2.75) is 25.6 Å². The quantitative estimate of drug-likeness (QED) is 0.394. The van der Waals surface area contributed by atoms with E-state index in [4.69, 9.17) is 23.2 Å². The number of rotatable bonds is 4. The molecular weight excluding hydrogens is 401 g/mol. The van der Waals surface area contributed by atoms with Crippen LogP contribution >= 0.6 is 23.2 Å². The Kier molecular flexibility index (Phi) is 5.04. The highest BCUT2D eigenvalue weighted by molar-refractivity contribution is 6.35. The van der Waals surface area contributed by atoms with Crippen molar-refractivity contribution in [2.75, 3.05) is 6.54 Å². The summed E-state index contributed by atoms with van der Waals surface area (Å²) in [6, 6.07) is 23.1. The van der Waals surface area contributed by atoms with Gasteiger partial charge in [0.05, 0.1) is 23.4 Å². The molecule has 0 bridgehead atoms. The van der Waals surface area contributed by atoms with E-state index in [2.05, 4.69) is 56.9 Å². The van der Waals surface area contributed by atoms with E-state index in [-0.39, 0.29) is 6.04 Å². The molecule has 1 aliphatic rings. The molecule has 0 spiro atoms. The lowest BCUT2D eigenvalue weighted by Gasteiger charge is -2.38. The minimum absolute atomic E-state index is 0.254. The van der Waals surface area contributed by atoms with E-state index in [1.165, 1.54) is 16.6 Å². The topological polar surface area (TPSA) is 21.1 Å². The van der Waals surface area contributed by atoms with Gasteiger partial charge < -0.3 is 4.57 Å². The van der Waals surface area contributed by atoms with E-state index in [0.717, 1.165) is 42.2 Å². The third kappa shape index (κ3) is 3.66. The molecule has 1 aromatic heterocycles. The number of para-hydroxylation sites is 2. The highest BCUT2D eigenvalue weighted by Gasteiger charge is 2.28. The molecule has 2 heterocycles. The maximum atomic E-state index is 6.49. The number of nitrogens with zero attached hydrogens (tertiary/aromatic N) is 3. The second-order valence-electron chi connectivity index (χ2n) is 7.56. The number of benzene rings is 3. The molecule has 4 aromatic rings. The van der Waals surface area contributed by atoms with Crippen molar-refractivity contribution < 1.29 is 0 Å². The maximum absolute atomic E-state index is 6.49. The molecule has 146 valence electrons. The van der Waals surface area contributed by atoms with Crippen molar-refractivity contribution >= 4 is 34.2 Å². The first-order valence-electron chi connectivity index (χ1n) is 9.85. The molecular formula is C24H21Cl2N3. The number of hydrogen-bond donors (Lipinski definition) is 0. The number of aromatic nitrogens is 2. The first-order chi connectivity index (χ1) is 14.2. The van der Waals surface area contributed by atoms with Gasteiger partial charge in [-0.2, -0.15) is 0 Å². The van der Waals surface area contributed by atoms with Gasteiger partial charge in [-0.05, 0) is 47.4 Å². The average Bonchev–Trinajstić information content (AvgIpc) is 3.14. The lowest BCUT2D eigenvalue weighted by molar-refractivity contribution is 0.159. The lowest BCUT2D eigenvalue weighted by Crippen LogP contribution is -2.37. The van der Waals surface area contributed by atoms with Crippen LogP contribution in [-0.2, 0) is 19.5 Å². The summed E-state index contributed by atoms with van der Waals surface area (Å²) in [6.45, 7) is 2.64. The Morgan fingerprint density at radius 2 is 1.79 bits per heavy atom. The van der Waals surface area contributed by atoms with Crippen molar-refractivity contribution in [3.8, 4) is 0 Å². The van der Waals surface area contributed by atoms with E-state index < -0.39 is 0 Å². The molecule has 0 radical (unpaired) electrons. The van der Waals surface area contributed by atoms with E-state index in [9.17, 15) is 0 Å². The summed E-state index contributed by atoms with van der Waals surface area (Å²) in [5.41, 5.74) is 6.13. The second kappa shape index (κ2) is 7.83. The summed E-state index contributed by atoms with van der Waals surface area (Å²) in [7, 11) is 0. The summed E-state index contributed by atoms with van der Waals surface area (Å²) in [6.07, 6.45) is 3.00. The van der Waals surface area contributed by atoms with E-state index >= 15 is 0 Å². The van der Waals surface area contributed by atoms with Crippen LogP contribution in [0.3, 0.4) is 0 Å². The monoisotopic (exact) mass is 421 g/mol. The van der Waals surface area contributed by atoms with Gasteiger partial charge in [-0.1, -0.05) is 65.7 Å². The van der Waals surface area contributed by atoms with Crippen LogP contribution in [0.5, 0.6) is 0 Å². The number of hydrogen-bond acceptors (Lipinski definition) is 2. The predicted octanol–water partition coefficient (Wildman–Crippen LogP) is 6.14. The summed E-state index contributed by atoms with van der Waals surface area (Å²) in [5.74, 6) is 0. The van der Waals surface area contributed by atoms with Gasteiger partial charge in [0.2, 0.25) is 0 Å². The van der Waals surface area contributed by atoms with Crippen molar-refractivity contribution in [2.24, 2.45) is 0 Å². The van der Waals surface area contributed by atoms with Crippen LogP contribution in [0.15, 0.2) is 73.1 Å². The molecule has 0 aliphatic carbocycles. The number of imidazole rings is 1. The van der Waals surface area contributed by atoms with Gasteiger partial charge in [0, 0.05) is 29.7 Å². The maximum Gasteiger partial charge on any atom is 0.0958 e. The zero-order chi connectivity index (χ0) is 19.8. The van der Waals surface area contributed by atoms with Crippen molar-refractivity contribution in [1.29, 1.82) is 0 Å². The fourth-order valence-electron chi connectivity index (χ4n) is 4.32. The Labute approximate surface area is 180 Å². The van der Waals surface area contributed by atoms with Crippen LogP contribution in [-0.4, -0.2) is 21.0 Å². The minimum atomic E-state index is 0.254. The molecule has 1 aliphatic heterocycles. The summed E-state index contributed by atoms with van der Waals surface area (Å²) >= 11 is 12.6. The second-order valence-corrected chi connectivity index (χ2v) is 8.40. The SMILES string of the molecule is Clc1ccc(CN2CCc3ccccc3C2Cn2cnc3ccccc32)c(Cl)c1. The average molecular weight is 422 g/mol. The third-order valence-corrected chi connectivity index (χ3v) is 6.40. The first-order valence-corrected chi connectivity index (χ1v) is 10.6. The molecule has 0 saturated heterocycles. The molecule has 0 saturated carbocycles. The Morgan fingerprint density at radius 1 is 0.966 bits per heavy atom. The fourth-order valence-corrected chi connectivity index (χ4v) is 4.79. The van der Waals surface area contributed by atoms with Crippen molar-refractivity contribution in [3.63, 3.8) is 0 Å². The first kappa shape index (κ1) is 18.7. The van der Waals surface area contributed by atoms with Crippen LogP contribution < -0.4 is 0 Å². The Bertz CT molecular complexity index is 1170. The molecule has 0 N–H and O–H groups in total. The Hall–Kier alpha value is -2.33. The smallest absolute Gasteiger partial charge is 0.0958 e. The molecule has 3 aromatic carbocycles. The molecule has 0 amide bonds. The predicted molar refractivity (Wildman–Crippen MR) is 119 cm³/mol. The fraction of sp³-hybridized carbons (Fsp3) is 0.208. The van der Waals surface area contributed by atoms with Crippen LogP contribution in [0, 0.1) is 0 Å². The third-order valence-electron chi connectivity index (χ3n) is 5.81. The van der Waals surface area contributed by atoms with Crippen LogP contribution in [0.25, 0.3) is 11.0 Å². The zero-order valence-corrected chi connectivity index (χ0v) is 17.4. The van der Waals surface area contributed by atoms with Crippen molar-refractivity contribution in [3.05, 3.63) is 99.8 Å². The van der Waals surface area contributed by atoms with Gasteiger partial charge in [-0.3, -0.25) is 4.90 Å². The number of halogens is 2. The summed E-state index contributed by atoms with van der Waals surface area (Å²) in [5, 5.41) is 1.40. The lowest BCUT2D eigenvalue weighted by atomic mass is 9.92. The van der Waals surface area contributed by atoms with Crippen LogP contribution in [0.1, 0.15) is 22.7 Å². The van der Waals surface area contributed by atoms with Gasteiger partial charge in [0.25, 0.3) is 0 Å². The van der Waals surface area contributed by atoms with Crippen LogP contribution in [0.2, 0.25) is 10.0 Å². The van der Waals surface area contributed by atoms with E-state index in [1.807, 2.05) is 30.6 Å². The molecule has 5 heteroatoms. The van der Waals surface area contributed by atoms with E-state index in [0.29, 0.717) is 5.02 Å². The largest absolute Gasteiger partial charge is 0.329 e. The Morgan fingerprint density at radius 3 is 2.69 bits per heavy atom. The van der Waals surface area contributed by atoms with Crippen LogP contribution in [0.4, 0.5) is 0 Å². The van der Waals surface area contributed by atoms with E-state index in [1.54, 1.807) is 0 Å². The van der Waals surface area contributed by atoms with Crippen molar-refractivity contribution in [1.82, 2.24) is 14.5 Å². The molecule has 1 unspecified atom stereocenters. The normalized spacial score (nSPS) is 16.8. The molecule has 5 rings (SSSR count). The molecule has 3 nitrogen and oxygen atoms in total. The van der Waals surface area contributed by atoms with Gasteiger partial charge >= 0.3 is 0 Å². The Balaban J connectivity index is 1.52. The summed E-state index contributed by atoms with van der Waals surface area (Å²) < 4.78 is 2.26. The van der Waals surface area contributed by atoms with Gasteiger partial charge in [0.1, 0.15) is 0 Å². The van der Waals surface area contributed by atoms with Gasteiger partial charge in [-0.25, -0.2) is 4.98 Å². The zero-order valence-electron chi connectivity index (χ0n) is 15.9. The molecule has 0 fully saturated rings. The molecule has 1 atom stereocenters. The standard InChI is InChI=1S/C24H21Cl2N3/c25-19-10-9-18(21(26)13-19)14-28-12-11-17-5-1-2-6-20(17)24(28)15-29-16-27-22-7-3-4-8-23(22)29/h1-10,13,16,24H,11-12,14-15H2. The van der Waals surface area contributed by atoms with Gasteiger partial charge in [0.15, 0.2) is 0 Å². The van der Waals surface area contributed by atoms with Gasteiger partial charge in [-0.15, -0.1) is 0 Å².